The molecule has 8 nitrogen and oxygen atoms in total. The number of hydrogen-bond acceptors (Lipinski definition) is 7. The number of nitrogens with one attached hydrogen (secondary N) is 2. The van der Waals surface area contributed by atoms with Gasteiger partial charge >= 0.3 is 0 Å². The summed E-state index contributed by atoms with van der Waals surface area (Å²) in [6.45, 7) is 3.07. The fourth-order valence-corrected chi connectivity index (χ4v) is 2.93. The smallest absolute Gasteiger partial charge is 0.249 e. The Hall–Kier alpha value is -3.74. The molecule has 1 aromatic heterocycles. The highest BCUT2D eigenvalue weighted by Gasteiger charge is 2.13. The lowest BCUT2D eigenvalue weighted by molar-refractivity contribution is -0.111. The first-order chi connectivity index (χ1) is 15.5. The van der Waals surface area contributed by atoms with Crippen LogP contribution in [0.25, 0.3) is 10.9 Å². The summed E-state index contributed by atoms with van der Waals surface area (Å²) in [7, 11) is 0. The van der Waals surface area contributed by atoms with E-state index in [9.17, 15) is 9.18 Å². The van der Waals surface area contributed by atoms with Crippen molar-refractivity contribution in [2.24, 2.45) is 0 Å². The fraction of sp³-hybridized carbons (Fsp3) is 0.182. The highest BCUT2D eigenvalue weighted by molar-refractivity contribution is 6.31. The number of fused-ring (bicyclic) bond motifs is 1. The molecule has 0 saturated carbocycles. The van der Waals surface area contributed by atoms with Gasteiger partial charge in [0.15, 0.2) is 0 Å². The van der Waals surface area contributed by atoms with Crippen LogP contribution in [0.15, 0.2) is 48.8 Å². The first-order valence-corrected chi connectivity index (χ1v) is 9.98. The lowest BCUT2D eigenvalue weighted by Gasteiger charge is -2.15. The minimum Gasteiger partial charge on any atom is -0.489 e. The highest BCUT2D eigenvalue weighted by atomic mass is 35.5. The maximum absolute atomic E-state index is 13.5. The van der Waals surface area contributed by atoms with E-state index < -0.39 is 11.7 Å². The number of amides is 1. The molecule has 0 aliphatic rings. The maximum Gasteiger partial charge on any atom is 0.249 e. The van der Waals surface area contributed by atoms with Crippen LogP contribution in [-0.4, -0.2) is 35.7 Å². The molecule has 0 atom stereocenters. The number of rotatable bonds is 9. The predicted octanol–water partition coefficient (Wildman–Crippen LogP) is 4.60. The fourth-order valence-electron chi connectivity index (χ4n) is 2.75. The van der Waals surface area contributed by atoms with E-state index in [4.69, 9.17) is 26.3 Å². The number of allylic oxidation sites excluding steroid dienone is 1. The number of ether oxygens (including phenoxy) is 2. The van der Waals surface area contributed by atoms with E-state index in [2.05, 4.69) is 20.6 Å². The normalized spacial score (nSPS) is 10.8. The van der Waals surface area contributed by atoms with Gasteiger partial charge in [-0.05, 0) is 31.2 Å². The van der Waals surface area contributed by atoms with Gasteiger partial charge in [-0.2, -0.15) is 5.26 Å². The Labute approximate surface area is 188 Å². The molecule has 32 heavy (non-hydrogen) atoms. The summed E-state index contributed by atoms with van der Waals surface area (Å²) in [5.41, 5.74) is 1.43. The predicted molar refractivity (Wildman–Crippen MR) is 120 cm³/mol. The molecule has 2 aromatic carbocycles. The molecule has 0 saturated heterocycles. The Balaban J connectivity index is 1.98. The number of anilines is 3. The van der Waals surface area contributed by atoms with Gasteiger partial charge in [0.2, 0.25) is 5.91 Å². The minimum absolute atomic E-state index is 0.0319. The molecule has 3 rings (SSSR count). The average Bonchev–Trinajstić information content (AvgIpc) is 2.78. The molecule has 0 radical (unpaired) electrons. The van der Waals surface area contributed by atoms with Gasteiger partial charge in [-0.1, -0.05) is 11.6 Å². The van der Waals surface area contributed by atoms with E-state index in [-0.39, 0.29) is 11.6 Å². The van der Waals surface area contributed by atoms with Gasteiger partial charge in [0, 0.05) is 35.9 Å². The first-order valence-electron chi connectivity index (χ1n) is 9.60. The SMILES string of the molecule is CCOCCOc1cc2ncnc(Nc3ccc(F)c(Cl)c3)c2cc1NC(=O)C=CC#N. The number of benzene rings is 2. The number of carbonyl (C=O) groups excluding carboxylic acids is 1. The van der Waals surface area contributed by atoms with Gasteiger partial charge < -0.3 is 20.1 Å². The van der Waals surface area contributed by atoms with Gasteiger partial charge in [-0.3, -0.25) is 4.79 Å². The summed E-state index contributed by atoms with van der Waals surface area (Å²) in [4.78, 5) is 20.7. The molecular formula is C22H19ClFN5O3. The molecule has 0 bridgehead atoms. The largest absolute Gasteiger partial charge is 0.489 e. The molecule has 1 amide bonds. The number of nitriles is 1. The molecule has 0 fully saturated rings. The highest BCUT2D eigenvalue weighted by Crippen LogP contribution is 2.34. The van der Waals surface area contributed by atoms with Crippen molar-refractivity contribution in [3.8, 4) is 11.8 Å². The van der Waals surface area contributed by atoms with Crippen molar-refractivity contribution in [2.45, 2.75) is 6.92 Å². The molecule has 0 spiro atoms. The number of aromatic nitrogens is 2. The van der Waals surface area contributed by atoms with Crippen molar-refractivity contribution in [2.75, 3.05) is 30.5 Å². The third-order valence-electron chi connectivity index (χ3n) is 4.18. The molecule has 0 aliphatic heterocycles. The minimum atomic E-state index is -0.533. The monoisotopic (exact) mass is 455 g/mol. The van der Waals surface area contributed by atoms with Crippen LogP contribution in [0.3, 0.4) is 0 Å². The second-order valence-corrected chi connectivity index (χ2v) is 6.75. The summed E-state index contributed by atoms with van der Waals surface area (Å²) in [6.07, 6.45) is 3.55. The van der Waals surface area contributed by atoms with Crippen molar-refractivity contribution < 1.29 is 18.7 Å². The van der Waals surface area contributed by atoms with Crippen molar-refractivity contribution in [1.29, 1.82) is 5.26 Å². The van der Waals surface area contributed by atoms with Gasteiger partial charge in [-0.25, -0.2) is 14.4 Å². The van der Waals surface area contributed by atoms with Gasteiger partial charge in [0.1, 0.15) is 30.3 Å². The van der Waals surface area contributed by atoms with E-state index in [0.717, 1.165) is 12.2 Å². The van der Waals surface area contributed by atoms with Crippen LogP contribution in [0.2, 0.25) is 5.02 Å². The van der Waals surface area contributed by atoms with Crippen molar-refractivity contribution >= 4 is 45.6 Å². The lowest BCUT2D eigenvalue weighted by atomic mass is 10.1. The Morgan fingerprint density at radius 3 is 2.88 bits per heavy atom. The third kappa shape index (κ3) is 5.91. The molecule has 0 unspecified atom stereocenters. The Morgan fingerprint density at radius 2 is 2.12 bits per heavy atom. The Bertz CT molecular complexity index is 1200. The van der Waals surface area contributed by atoms with E-state index in [0.29, 0.717) is 47.1 Å². The molecule has 2 N–H and O–H groups in total. The zero-order chi connectivity index (χ0) is 22.9. The second-order valence-electron chi connectivity index (χ2n) is 6.34. The van der Waals surface area contributed by atoms with E-state index in [1.54, 1.807) is 18.2 Å². The summed E-state index contributed by atoms with van der Waals surface area (Å²) >= 11 is 5.86. The number of carbonyl (C=O) groups is 1. The van der Waals surface area contributed by atoms with Crippen LogP contribution < -0.4 is 15.4 Å². The van der Waals surface area contributed by atoms with Crippen LogP contribution in [0.1, 0.15) is 6.92 Å². The van der Waals surface area contributed by atoms with Crippen molar-refractivity contribution in [3.63, 3.8) is 0 Å². The van der Waals surface area contributed by atoms with E-state index in [1.165, 1.54) is 24.5 Å². The average molecular weight is 456 g/mol. The first kappa shape index (κ1) is 22.9. The standard InChI is InChI=1S/C22H19ClFN5O3/c1-2-31-8-9-32-20-12-18-15(11-19(20)29-21(30)4-3-7-25)22(27-13-26-18)28-14-5-6-17(24)16(23)10-14/h3-6,10-13H,2,8-9H2,1H3,(H,29,30)(H,26,27,28). The Kier molecular flexibility index (Phi) is 7.91. The molecular weight excluding hydrogens is 437 g/mol. The zero-order valence-electron chi connectivity index (χ0n) is 17.1. The van der Waals surface area contributed by atoms with Gasteiger partial charge in [0.05, 0.1) is 28.9 Å². The molecule has 164 valence electrons. The van der Waals surface area contributed by atoms with Crippen LogP contribution in [-0.2, 0) is 9.53 Å². The number of halogens is 2. The van der Waals surface area contributed by atoms with Crippen molar-refractivity contribution in [3.05, 3.63) is 59.7 Å². The maximum atomic E-state index is 13.5. The van der Waals surface area contributed by atoms with Crippen LogP contribution in [0, 0.1) is 17.1 Å². The topological polar surface area (TPSA) is 109 Å². The molecule has 1 heterocycles. The van der Waals surface area contributed by atoms with Crippen LogP contribution >= 0.6 is 11.6 Å². The van der Waals surface area contributed by atoms with Crippen LogP contribution in [0.4, 0.5) is 21.6 Å². The quantitative estimate of drug-likeness (QED) is 0.275. The van der Waals surface area contributed by atoms with E-state index >= 15 is 0 Å². The second kappa shape index (κ2) is 11.0. The summed E-state index contributed by atoms with van der Waals surface area (Å²) in [6, 6.07) is 9.28. The van der Waals surface area contributed by atoms with Gasteiger partial charge in [0.25, 0.3) is 0 Å². The number of hydrogen-bond donors (Lipinski definition) is 2. The molecule has 10 heteroatoms. The molecule has 3 aromatic rings. The summed E-state index contributed by atoms with van der Waals surface area (Å²) < 4.78 is 24.5. The lowest BCUT2D eigenvalue weighted by Crippen LogP contribution is -2.12. The Morgan fingerprint density at radius 1 is 1.28 bits per heavy atom. The summed E-state index contributed by atoms with van der Waals surface area (Å²) in [5.74, 6) is -0.238. The van der Waals surface area contributed by atoms with Crippen molar-refractivity contribution in [1.82, 2.24) is 9.97 Å². The third-order valence-corrected chi connectivity index (χ3v) is 4.47. The van der Waals surface area contributed by atoms with E-state index in [1.807, 2.05) is 6.92 Å². The van der Waals surface area contributed by atoms with Crippen LogP contribution in [0.5, 0.6) is 5.75 Å². The summed E-state index contributed by atoms with van der Waals surface area (Å²) in [5, 5.41) is 15.0. The zero-order valence-corrected chi connectivity index (χ0v) is 17.8. The molecule has 0 aliphatic carbocycles. The number of nitrogens with zero attached hydrogens (tertiary/aromatic N) is 3. The van der Waals surface area contributed by atoms with Gasteiger partial charge in [-0.15, -0.1) is 0 Å².